The zero-order chi connectivity index (χ0) is 25.8. The molecule has 0 aliphatic rings. The summed E-state index contributed by atoms with van der Waals surface area (Å²) in [7, 11) is 0. The van der Waals surface area contributed by atoms with Crippen LogP contribution in [-0.4, -0.2) is 25.2 Å². The first kappa shape index (κ1) is 26.8. The first-order valence-corrected chi connectivity index (χ1v) is 12.3. The molecular weight excluding hydrogens is 524 g/mol. The highest BCUT2D eigenvalue weighted by Crippen LogP contribution is 2.34. The summed E-state index contributed by atoms with van der Waals surface area (Å²) in [5.74, 6) is 0.439. The summed E-state index contributed by atoms with van der Waals surface area (Å²) >= 11 is 3.51. The summed E-state index contributed by atoms with van der Waals surface area (Å²) in [6.45, 7) is 8.00. The van der Waals surface area contributed by atoms with Crippen LogP contribution in [0.15, 0.2) is 92.0 Å². The summed E-state index contributed by atoms with van der Waals surface area (Å²) in [5.41, 5.74) is 3.66. The van der Waals surface area contributed by atoms with Gasteiger partial charge in [-0.05, 0) is 41.5 Å². The minimum absolute atomic E-state index is 0.169. The summed E-state index contributed by atoms with van der Waals surface area (Å²) in [4.78, 5) is 23.9. The molecule has 0 aliphatic carbocycles. The topological polar surface area (TPSA) is 71.1 Å². The lowest BCUT2D eigenvalue weighted by atomic mass is 10.1. The molecular formula is C29H27BrO6. The second kappa shape index (κ2) is 13.9. The average molecular weight is 551 g/mol. The molecule has 0 N–H and O–H groups in total. The van der Waals surface area contributed by atoms with Gasteiger partial charge in [0.1, 0.15) is 26.4 Å². The second-order valence-electron chi connectivity index (χ2n) is 7.62. The number of halogens is 1. The predicted molar refractivity (Wildman–Crippen MR) is 142 cm³/mol. The molecule has 0 aromatic heterocycles. The summed E-state index contributed by atoms with van der Waals surface area (Å²) < 4.78 is 22.3. The molecule has 0 unspecified atom stereocenters. The molecule has 7 heteroatoms. The highest BCUT2D eigenvalue weighted by Gasteiger charge is 2.13. The fourth-order valence-corrected chi connectivity index (χ4v) is 3.61. The third-order valence-electron chi connectivity index (χ3n) is 5.03. The lowest BCUT2D eigenvalue weighted by Crippen LogP contribution is -2.06. The van der Waals surface area contributed by atoms with Gasteiger partial charge in [-0.3, -0.25) is 0 Å². The first-order chi connectivity index (χ1) is 17.5. The predicted octanol–water partition coefficient (Wildman–Crippen LogP) is 6.43. The minimum Gasteiger partial charge on any atom is -0.485 e. The van der Waals surface area contributed by atoms with Gasteiger partial charge in [0, 0.05) is 10.9 Å². The van der Waals surface area contributed by atoms with Gasteiger partial charge in [0.25, 0.3) is 0 Å². The molecule has 0 amide bonds. The lowest BCUT2D eigenvalue weighted by molar-refractivity contribution is 0.0540. The van der Waals surface area contributed by atoms with Crippen molar-refractivity contribution in [3.8, 4) is 11.5 Å². The SMILES string of the molecule is C=CCOC(=O)c1ccc(COc2cccc(CBr)c2OCc2ccc(C(=O)OCC=C)cc2)cc1. The van der Waals surface area contributed by atoms with Gasteiger partial charge in [-0.15, -0.1) is 0 Å². The van der Waals surface area contributed by atoms with E-state index in [1.807, 2.05) is 42.5 Å². The monoisotopic (exact) mass is 550 g/mol. The Morgan fingerprint density at radius 3 is 1.69 bits per heavy atom. The zero-order valence-electron chi connectivity index (χ0n) is 19.8. The number of esters is 2. The van der Waals surface area contributed by atoms with Crippen molar-refractivity contribution in [1.82, 2.24) is 0 Å². The van der Waals surface area contributed by atoms with E-state index < -0.39 is 11.9 Å². The molecule has 36 heavy (non-hydrogen) atoms. The molecule has 3 rings (SSSR count). The van der Waals surface area contributed by atoms with Gasteiger partial charge in [0.2, 0.25) is 0 Å². The Balaban J connectivity index is 1.64. The molecule has 0 bridgehead atoms. The summed E-state index contributed by atoms with van der Waals surface area (Å²) in [5, 5.41) is 0.592. The van der Waals surface area contributed by atoms with E-state index in [0.29, 0.717) is 41.2 Å². The average Bonchev–Trinajstić information content (AvgIpc) is 2.92. The van der Waals surface area contributed by atoms with Gasteiger partial charge in [0.15, 0.2) is 11.5 Å². The maximum Gasteiger partial charge on any atom is 0.338 e. The number of benzene rings is 3. The Labute approximate surface area is 219 Å². The smallest absolute Gasteiger partial charge is 0.338 e. The van der Waals surface area contributed by atoms with Gasteiger partial charge in [-0.2, -0.15) is 0 Å². The van der Waals surface area contributed by atoms with Crippen molar-refractivity contribution in [2.45, 2.75) is 18.5 Å². The Morgan fingerprint density at radius 2 is 1.22 bits per heavy atom. The van der Waals surface area contributed by atoms with Crippen LogP contribution in [0.4, 0.5) is 0 Å². The molecule has 0 fully saturated rings. The largest absolute Gasteiger partial charge is 0.485 e. The molecule has 6 nitrogen and oxygen atoms in total. The number of rotatable bonds is 13. The molecule has 0 aliphatic heterocycles. The van der Waals surface area contributed by atoms with Crippen LogP contribution < -0.4 is 9.47 Å². The fourth-order valence-electron chi connectivity index (χ4n) is 3.17. The van der Waals surface area contributed by atoms with Crippen LogP contribution in [0, 0.1) is 0 Å². The van der Waals surface area contributed by atoms with Crippen molar-refractivity contribution in [3.63, 3.8) is 0 Å². The molecule has 0 saturated heterocycles. The van der Waals surface area contributed by atoms with Gasteiger partial charge in [0.05, 0.1) is 11.1 Å². The van der Waals surface area contributed by atoms with Crippen LogP contribution in [0.1, 0.15) is 37.4 Å². The Hall–Kier alpha value is -3.84. The van der Waals surface area contributed by atoms with E-state index in [-0.39, 0.29) is 13.2 Å². The van der Waals surface area contributed by atoms with E-state index in [1.165, 1.54) is 12.2 Å². The van der Waals surface area contributed by atoms with Gasteiger partial charge in [-0.1, -0.05) is 77.6 Å². The van der Waals surface area contributed by atoms with Gasteiger partial charge in [-0.25, -0.2) is 9.59 Å². The van der Waals surface area contributed by atoms with E-state index >= 15 is 0 Å². The molecule has 0 spiro atoms. The number of hydrogen-bond donors (Lipinski definition) is 0. The maximum atomic E-state index is 12.0. The van der Waals surface area contributed by atoms with Crippen LogP contribution in [0.25, 0.3) is 0 Å². The summed E-state index contributed by atoms with van der Waals surface area (Å²) in [6.07, 6.45) is 3.05. The van der Waals surface area contributed by atoms with Crippen LogP contribution in [0.3, 0.4) is 0 Å². The highest BCUT2D eigenvalue weighted by atomic mass is 79.9. The number of para-hydroxylation sites is 1. The molecule has 0 saturated carbocycles. The lowest BCUT2D eigenvalue weighted by Gasteiger charge is -2.16. The van der Waals surface area contributed by atoms with E-state index in [2.05, 4.69) is 29.1 Å². The van der Waals surface area contributed by atoms with Crippen LogP contribution in [0.5, 0.6) is 11.5 Å². The maximum absolute atomic E-state index is 12.0. The van der Waals surface area contributed by atoms with Crippen molar-refractivity contribution in [1.29, 1.82) is 0 Å². The molecule has 0 atom stereocenters. The number of ether oxygens (including phenoxy) is 4. The van der Waals surface area contributed by atoms with Crippen molar-refractivity contribution in [3.05, 3.63) is 120 Å². The Kier molecular flexibility index (Phi) is 10.3. The van der Waals surface area contributed by atoms with Crippen LogP contribution in [-0.2, 0) is 28.0 Å². The van der Waals surface area contributed by atoms with Crippen LogP contribution in [0.2, 0.25) is 0 Å². The Bertz CT molecular complexity index is 1190. The number of hydrogen-bond acceptors (Lipinski definition) is 6. The summed E-state index contributed by atoms with van der Waals surface area (Å²) in [6, 6.07) is 19.8. The zero-order valence-corrected chi connectivity index (χ0v) is 21.4. The van der Waals surface area contributed by atoms with E-state index in [9.17, 15) is 9.59 Å². The van der Waals surface area contributed by atoms with Crippen molar-refractivity contribution in [2.75, 3.05) is 13.2 Å². The minimum atomic E-state index is -0.399. The third-order valence-corrected chi connectivity index (χ3v) is 5.63. The number of alkyl halides is 1. The van der Waals surface area contributed by atoms with E-state index in [1.54, 1.807) is 24.3 Å². The number of carbonyl (C=O) groups excluding carboxylic acids is 2. The second-order valence-corrected chi connectivity index (χ2v) is 8.18. The Morgan fingerprint density at radius 1 is 0.722 bits per heavy atom. The van der Waals surface area contributed by atoms with Crippen LogP contribution >= 0.6 is 15.9 Å². The molecule has 0 radical (unpaired) electrons. The molecule has 0 heterocycles. The van der Waals surface area contributed by atoms with Crippen molar-refractivity contribution >= 4 is 27.9 Å². The van der Waals surface area contributed by atoms with Crippen molar-refractivity contribution in [2.24, 2.45) is 0 Å². The van der Waals surface area contributed by atoms with E-state index in [0.717, 1.165) is 16.7 Å². The molecule has 3 aromatic rings. The first-order valence-electron chi connectivity index (χ1n) is 11.2. The normalized spacial score (nSPS) is 10.2. The standard InChI is InChI=1S/C29H27BrO6/c1-3-16-33-28(31)23-12-8-21(9-13-23)19-35-26-7-5-6-25(18-30)27(26)36-20-22-10-14-24(15-11-22)29(32)34-17-4-2/h3-15H,1-2,16-20H2. The van der Waals surface area contributed by atoms with Crippen molar-refractivity contribution < 1.29 is 28.5 Å². The number of carbonyl (C=O) groups is 2. The molecule has 3 aromatic carbocycles. The fraction of sp³-hybridized carbons (Fsp3) is 0.172. The molecule has 186 valence electrons. The van der Waals surface area contributed by atoms with Gasteiger partial charge < -0.3 is 18.9 Å². The van der Waals surface area contributed by atoms with E-state index in [4.69, 9.17) is 18.9 Å². The quantitative estimate of drug-likeness (QED) is 0.139. The van der Waals surface area contributed by atoms with Gasteiger partial charge >= 0.3 is 11.9 Å². The third kappa shape index (κ3) is 7.58. The highest BCUT2D eigenvalue weighted by molar-refractivity contribution is 9.08.